The SMILES string of the molecule is CCN1CCN(c2cnc(C(=O)Nc3cccc(NC(C)=O)c3)cn2)CC1. The van der Waals surface area contributed by atoms with Gasteiger partial charge in [-0.2, -0.15) is 0 Å². The molecule has 1 saturated heterocycles. The highest BCUT2D eigenvalue weighted by Gasteiger charge is 2.17. The summed E-state index contributed by atoms with van der Waals surface area (Å²) in [7, 11) is 0. The van der Waals surface area contributed by atoms with Crippen LogP contribution in [0.15, 0.2) is 36.7 Å². The molecule has 2 N–H and O–H groups in total. The van der Waals surface area contributed by atoms with Crippen LogP contribution in [0.4, 0.5) is 17.2 Å². The van der Waals surface area contributed by atoms with Crippen LogP contribution in [0.5, 0.6) is 0 Å². The summed E-state index contributed by atoms with van der Waals surface area (Å²) in [6, 6.07) is 6.95. The maximum Gasteiger partial charge on any atom is 0.275 e. The molecule has 142 valence electrons. The zero-order valence-electron chi connectivity index (χ0n) is 15.6. The summed E-state index contributed by atoms with van der Waals surface area (Å²) in [5, 5.41) is 5.45. The molecule has 0 bridgehead atoms. The zero-order valence-corrected chi connectivity index (χ0v) is 15.6. The van der Waals surface area contributed by atoms with Crippen molar-refractivity contribution in [3.8, 4) is 0 Å². The van der Waals surface area contributed by atoms with E-state index in [1.807, 2.05) is 0 Å². The molecule has 3 rings (SSSR count). The number of carbonyl (C=O) groups is 2. The van der Waals surface area contributed by atoms with Gasteiger partial charge in [-0.05, 0) is 24.7 Å². The van der Waals surface area contributed by atoms with Crippen LogP contribution in [0.25, 0.3) is 0 Å². The monoisotopic (exact) mass is 368 g/mol. The van der Waals surface area contributed by atoms with Gasteiger partial charge in [0.05, 0.1) is 12.4 Å². The van der Waals surface area contributed by atoms with Crippen molar-refractivity contribution in [2.75, 3.05) is 48.3 Å². The average Bonchev–Trinajstić information content (AvgIpc) is 2.68. The van der Waals surface area contributed by atoms with Crippen molar-refractivity contribution < 1.29 is 9.59 Å². The smallest absolute Gasteiger partial charge is 0.275 e. The molecule has 1 aromatic carbocycles. The third-order valence-corrected chi connectivity index (χ3v) is 4.46. The number of nitrogens with zero attached hydrogens (tertiary/aromatic N) is 4. The van der Waals surface area contributed by atoms with Crippen molar-refractivity contribution in [3.63, 3.8) is 0 Å². The minimum Gasteiger partial charge on any atom is -0.353 e. The first kappa shape index (κ1) is 18.8. The molecule has 0 saturated carbocycles. The normalized spacial score (nSPS) is 14.7. The number of nitrogens with one attached hydrogen (secondary N) is 2. The maximum atomic E-state index is 12.4. The molecule has 1 fully saturated rings. The number of anilines is 3. The first-order chi connectivity index (χ1) is 13.0. The Labute approximate surface area is 158 Å². The van der Waals surface area contributed by atoms with Crippen LogP contribution in [0.2, 0.25) is 0 Å². The lowest BCUT2D eigenvalue weighted by Crippen LogP contribution is -2.46. The number of hydrogen-bond acceptors (Lipinski definition) is 6. The highest BCUT2D eigenvalue weighted by molar-refractivity contribution is 6.03. The highest BCUT2D eigenvalue weighted by Crippen LogP contribution is 2.16. The summed E-state index contributed by atoms with van der Waals surface area (Å²) in [6.45, 7) is 8.48. The predicted molar refractivity (Wildman–Crippen MR) is 105 cm³/mol. The van der Waals surface area contributed by atoms with E-state index in [9.17, 15) is 9.59 Å². The summed E-state index contributed by atoms with van der Waals surface area (Å²) in [6.07, 6.45) is 3.14. The summed E-state index contributed by atoms with van der Waals surface area (Å²) in [4.78, 5) is 36.8. The number of carbonyl (C=O) groups excluding carboxylic acids is 2. The van der Waals surface area contributed by atoms with Crippen LogP contribution < -0.4 is 15.5 Å². The predicted octanol–water partition coefficient (Wildman–Crippen LogP) is 1.83. The van der Waals surface area contributed by atoms with Crippen molar-refractivity contribution >= 4 is 29.0 Å². The Bertz CT molecular complexity index is 800. The summed E-state index contributed by atoms with van der Waals surface area (Å²) in [5.41, 5.74) is 1.44. The fraction of sp³-hybridized carbons (Fsp3) is 0.368. The number of likely N-dealkylation sites (N-methyl/N-ethyl adjacent to an activating group) is 1. The van der Waals surface area contributed by atoms with Gasteiger partial charge in [0.2, 0.25) is 5.91 Å². The first-order valence-corrected chi connectivity index (χ1v) is 9.03. The molecule has 0 aliphatic carbocycles. The van der Waals surface area contributed by atoms with E-state index in [1.54, 1.807) is 30.5 Å². The number of aromatic nitrogens is 2. The van der Waals surface area contributed by atoms with Crippen molar-refractivity contribution in [2.24, 2.45) is 0 Å². The van der Waals surface area contributed by atoms with Gasteiger partial charge in [0, 0.05) is 44.5 Å². The van der Waals surface area contributed by atoms with Crippen LogP contribution >= 0.6 is 0 Å². The summed E-state index contributed by atoms with van der Waals surface area (Å²) in [5.74, 6) is 0.277. The number of amides is 2. The van der Waals surface area contributed by atoms with Gasteiger partial charge >= 0.3 is 0 Å². The number of benzene rings is 1. The Balaban J connectivity index is 1.62. The molecule has 1 aromatic heterocycles. The molecule has 2 aromatic rings. The quantitative estimate of drug-likeness (QED) is 0.837. The lowest BCUT2D eigenvalue weighted by Gasteiger charge is -2.34. The minimum absolute atomic E-state index is 0.167. The minimum atomic E-state index is -0.343. The Morgan fingerprint density at radius 3 is 2.33 bits per heavy atom. The standard InChI is InChI=1S/C19H24N6O2/c1-3-24-7-9-25(10-8-24)18-13-20-17(12-21-18)19(27)23-16-6-4-5-15(11-16)22-14(2)26/h4-6,11-13H,3,7-10H2,1-2H3,(H,22,26)(H,23,27). The lowest BCUT2D eigenvalue weighted by atomic mass is 10.2. The Morgan fingerprint density at radius 2 is 1.74 bits per heavy atom. The molecule has 0 atom stereocenters. The molecule has 0 spiro atoms. The second-order valence-electron chi connectivity index (χ2n) is 6.40. The molecular formula is C19H24N6O2. The largest absolute Gasteiger partial charge is 0.353 e. The van der Waals surface area contributed by atoms with E-state index in [-0.39, 0.29) is 17.5 Å². The lowest BCUT2D eigenvalue weighted by molar-refractivity contribution is -0.114. The molecule has 1 aliphatic heterocycles. The molecule has 0 unspecified atom stereocenters. The van der Waals surface area contributed by atoms with E-state index in [0.29, 0.717) is 11.4 Å². The molecule has 27 heavy (non-hydrogen) atoms. The third-order valence-electron chi connectivity index (χ3n) is 4.46. The van der Waals surface area contributed by atoms with E-state index in [2.05, 4.69) is 37.3 Å². The number of piperazine rings is 1. The Kier molecular flexibility index (Phi) is 5.97. The van der Waals surface area contributed by atoms with Crippen molar-refractivity contribution in [1.29, 1.82) is 0 Å². The van der Waals surface area contributed by atoms with E-state index < -0.39 is 0 Å². The van der Waals surface area contributed by atoms with E-state index in [4.69, 9.17) is 0 Å². The molecule has 0 radical (unpaired) electrons. The van der Waals surface area contributed by atoms with Crippen molar-refractivity contribution in [1.82, 2.24) is 14.9 Å². The fourth-order valence-electron chi connectivity index (χ4n) is 2.97. The van der Waals surface area contributed by atoms with Gasteiger partial charge in [-0.25, -0.2) is 9.97 Å². The van der Waals surface area contributed by atoms with Gasteiger partial charge < -0.3 is 20.4 Å². The maximum absolute atomic E-state index is 12.4. The topological polar surface area (TPSA) is 90.5 Å². The first-order valence-electron chi connectivity index (χ1n) is 9.03. The molecule has 2 heterocycles. The molecule has 1 aliphatic rings. The van der Waals surface area contributed by atoms with E-state index >= 15 is 0 Å². The summed E-state index contributed by atoms with van der Waals surface area (Å²) < 4.78 is 0. The van der Waals surface area contributed by atoms with Crippen molar-refractivity contribution in [3.05, 3.63) is 42.4 Å². The van der Waals surface area contributed by atoms with Crippen molar-refractivity contribution in [2.45, 2.75) is 13.8 Å². The van der Waals surface area contributed by atoms with Gasteiger partial charge in [0.25, 0.3) is 5.91 Å². The van der Waals surface area contributed by atoms with Gasteiger partial charge in [0.1, 0.15) is 11.5 Å². The van der Waals surface area contributed by atoms with Crippen LogP contribution in [-0.4, -0.2) is 59.4 Å². The van der Waals surface area contributed by atoms with Crippen LogP contribution in [0.3, 0.4) is 0 Å². The van der Waals surface area contributed by atoms with Crippen LogP contribution in [0.1, 0.15) is 24.3 Å². The average molecular weight is 368 g/mol. The third kappa shape index (κ3) is 5.01. The molecule has 8 heteroatoms. The molecule has 2 amide bonds. The van der Waals surface area contributed by atoms with Gasteiger partial charge in [-0.1, -0.05) is 13.0 Å². The Morgan fingerprint density at radius 1 is 1.04 bits per heavy atom. The molecular weight excluding hydrogens is 344 g/mol. The van der Waals surface area contributed by atoms with Crippen LogP contribution in [-0.2, 0) is 4.79 Å². The summed E-state index contributed by atoms with van der Waals surface area (Å²) >= 11 is 0. The fourth-order valence-corrected chi connectivity index (χ4v) is 2.97. The second kappa shape index (κ2) is 8.59. The van der Waals surface area contributed by atoms with Gasteiger partial charge in [-0.15, -0.1) is 0 Å². The van der Waals surface area contributed by atoms with Crippen LogP contribution in [0, 0.1) is 0 Å². The number of rotatable bonds is 5. The van der Waals surface area contributed by atoms with E-state index in [0.717, 1.165) is 38.5 Å². The molecule has 8 nitrogen and oxygen atoms in total. The second-order valence-corrected chi connectivity index (χ2v) is 6.40. The highest BCUT2D eigenvalue weighted by atomic mass is 16.2. The van der Waals surface area contributed by atoms with Gasteiger partial charge in [-0.3, -0.25) is 9.59 Å². The zero-order chi connectivity index (χ0) is 19.2. The number of hydrogen-bond donors (Lipinski definition) is 2. The van der Waals surface area contributed by atoms with E-state index in [1.165, 1.54) is 13.1 Å². The Hall–Kier alpha value is -3.00. The van der Waals surface area contributed by atoms with Gasteiger partial charge in [0.15, 0.2) is 0 Å².